The van der Waals surface area contributed by atoms with E-state index in [1.165, 1.54) is 12.4 Å². The number of hydrogen-bond donors (Lipinski definition) is 1. The van der Waals surface area contributed by atoms with Crippen LogP contribution >= 0.6 is 0 Å². The van der Waals surface area contributed by atoms with Crippen LogP contribution in [0.4, 0.5) is 13.2 Å². The lowest BCUT2D eigenvalue weighted by Crippen LogP contribution is -2.09. The number of carbonyl (C=O) groups is 1. The van der Waals surface area contributed by atoms with E-state index >= 15 is 0 Å². The molecule has 17 heavy (non-hydrogen) atoms. The van der Waals surface area contributed by atoms with Gasteiger partial charge in [-0.2, -0.15) is 0 Å². The van der Waals surface area contributed by atoms with Gasteiger partial charge in [-0.1, -0.05) is 0 Å². The van der Waals surface area contributed by atoms with Crippen molar-refractivity contribution in [3.8, 4) is 0 Å². The Kier molecular flexibility index (Phi) is 2.95. The molecule has 0 bridgehead atoms. The lowest BCUT2D eigenvalue weighted by atomic mass is 10.1. The molecule has 1 N–H and O–H groups in total. The van der Waals surface area contributed by atoms with Crippen LogP contribution in [-0.2, 0) is 6.42 Å². The summed E-state index contributed by atoms with van der Waals surface area (Å²) in [5.74, 6) is -4.77. The maximum atomic E-state index is 13.3. The Morgan fingerprint density at radius 2 is 2.00 bits per heavy atom. The first kappa shape index (κ1) is 11.4. The third-order valence-electron chi connectivity index (χ3n) is 2.22. The average Bonchev–Trinajstić information content (AvgIpc) is 2.78. The minimum absolute atomic E-state index is 0.199. The van der Waals surface area contributed by atoms with Crippen molar-refractivity contribution in [1.29, 1.82) is 0 Å². The molecule has 3 nitrogen and oxygen atoms in total. The second-order valence-electron chi connectivity index (χ2n) is 3.36. The van der Waals surface area contributed by atoms with E-state index in [1.807, 2.05) is 0 Å². The Hall–Kier alpha value is -2.11. The molecule has 2 aromatic rings. The Morgan fingerprint density at radius 1 is 1.24 bits per heavy atom. The molecule has 0 aliphatic carbocycles. The molecule has 88 valence electrons. The van der Waals surface area contributed by atoms with E-state index < -0.39 is 28.8 Å². The van der Waals surface area contributed by atoms with Crippen molar-refractivity contribution in [1.82, 2.24) is 9.97 Å². The van der Waals surface area contributed by atoms with Crippen molar-refractivity contribution in [3.63, 3.8) is 0 Å². The molecular weight excluding hydrogens is 233 g/mol. The summed E-state index contributed by atoms with van der Waals surface area (Å²) < 4.78 is 38.8. The summed E-state index contributed by atoms with van der Waals surface area (Å²) >= 11 is 0. The van der Waals surface area contributed by atoms with Gasteiger partial charge in [0.1, 0.15) is 5.82 Å². The van der Waals surface area contributed by atoms with Gasteiger partial charge in [0.05, 0.1) is 12.0 Å². The van der Waals surface area contributed by atoms with Gasteiger partial charge in [0, 0.05) is 12.4 Å². The van der Waals surface area contributed by atoms with Crippen molar-refractivity contribution in [2.75, 3.05) is 0 Å². The molecule has 0 aliphatic heterocycles. The summed E-state index contributed by atoms with van der Waals surface area (Å²) in [5, 5.41) is 0. The van der Waals surface area contributed by atoms with Gasteiger partial charge in [0.15, 0.2) is 23.2 Å². The number of aromatic amines is 1. The van der Waals surface area contributed by atoms with Gasteiger partial charge in [0.25, 0.3) is 0 Å². The van der Waals surface area contributed by atoms with Crippen LogP contribution < -0.4 is 0 Å². The van der Waals surface area contributed by atoms with Gasteiger partial charge < -0.3 is 4.98 Å². The van der Waals surface area contributed by atoms with E-state index in [0.717, 1.165) is 6.07 Å². The third-order valence-corrected chi connectivity index (χ3v) is 2.22. The normalized spacial score (nSPS) is 10.5. The van der Waals surface area contributed by atoms with Gasteiger partial charge in [-0.05, 0) is 12.1 Å². The monoisotopic (exact) mass is 240 g/mol. The molecule has 0 unspecified atom stereocenters. The summed E-state index contributed by atoms with van der Waals surface area (Å²) in [6, 6.07) is 1.63. The van der Waals surface area contributed by atoms with E-state index in [9.17, 15) is 18.0 Å². The fourth-order valence-electron chi connectivity index (χ4n) is 1.38. The number of nitrogens with one attached hydrogen (secondary N) is 1. The van der Waals surface area contributed by atoms with Gasteiger partial charge in [-0.3, -0.25) is 4.79 Å². The standard InChI is InChI=1S/C11H7F3N2O/c12-7-2-1-6(10(13)11(7)14)8(17)5-9-15-3-4-16-9/h1-4H,5H2,(H,15,16). The molecule has 0 atom stereocenters. The maximum Gasteiger partial charge on any atom is 0.195 e. The maximum absolute atomic E-state index is 13.3. The Bertz CT molecular complexity index is 552. The number of imidazole rings is 1. The van der Waals surface area contributed by atoms with E-state index in [1.54, 1.807) is 0 Å². The molecule has 1 aromatic carbocycles. The smallest absolute Gasteiger partial charge is 0.195 e. The highest BCUT2D eigenvalue weighted by atomic mass is 19.2. The number of Topliss-reactive ketones (excluding diaryl/α,β-unsaturated/α-hetero) is 1. The molecule has 0 radical (unpaired) electrons. The SMILES string of the molecule is O=C(Cc1ncc[nH]1)c1ccc(F)c(F)c1F. The van der Waals surface area contributed by atoms with Crippen molar-refractivity contribution >= 4 is 5.78 Å². The minimum Gasteiger partial charge on any atom is -0.348 e. The highest BCUT2D eigenvalue weighted by molar-refractivity contribution is 5.97. The zero-order valence-electron chi connectivity index (χ0n) is 8.51. The van der Waals surface area contributed by atoms with Crippen LogP contribution in [0, 0.1) is 17.5 Å². The number of carbonyl (C=O) groups excluding carboxylic acids is 1. The van der Waals surface area contributed by atoms with E-state index in [0.29, 0.717) is 11.9 Å². The van der Waals surface area contributed by atoms with E-state index in [4.69, 9.17) is 0 Å². The van der Waals surface area contributed by atoms with Crippen LogP contribution in [-0.4, -0.2) is 15.8 Å². The fourth-order valence-corrected chi connectivity index (χ4v) is 1.38. The third kappa shape index (κ3) is 2.20. The topological polar surface area (TPSA) is 45.8 Å². The summed E-state index contributed by atoms with van der Waals surface area (Å²) in [7, 11) is 0. The molecule has 6 heteroatoms. The molecule has 0 amide bonds. The van der Waals surface area contributed by atoms with Crippen LogP contribution in [0.1, 0.15) is 16.2 Å². The van der Waals surface area contributed by atoms with Crippen molar-refractivity contribution < 1.29 is 18.0 Å². The Labute approximate surface area is 94.3 Å². The highest BCUT2D eigenvalue weighted by Crippen LogP contribution is 2.16. The lowest BCUT2D eigenvalue weighted by Gasteiger charge is -2.02. The molecule has 0 aliphatic rings. The van der Waals surface area contributed by atoms with Gasteiger partial charge in [-0.15, -0.1) is 0 Å². The molecule has 0 fully saturated rings. The van der Waals surface area contributed by atoms with Crippen LogP contribution in [0.15, 0.2) is 24.5 Å². The van der Waals surface area contributed by atoms with E-state index in [2.05, 4.69) is 9.97 Å². The number of nitrogens with zero attached hydrogens (tertiary/aromatic N) is 1. The molecule has 2 rings (SSSR count). The van der Waals surface area contributed by atoms with Crippen molar-refractivity contribution in [3.05, 3.63) is 53.4 Å². The lowest BCUT2D eigenvalue weighted by molar-refractivity contribution is 0.0986. The number of rotatable bonds is 3. The quantitative estimate of drug-likeness (QED) is 0.660. The van der Waals surface area contributed by atoms with Crippen LogP contribution in [0.2, 0.25) is 0 Å². The van der Waals surface area contributed by atoms with Crippen LogP contribution in [0.3, 0.4) is 0 Å². The number of hydrogen-bond acceptors (Lipinski definition) is 2. The molecule has 1 aromatic heterocycles. The number of H-pyrrole nitrogens is 1. The number of benzene rings is 1. The summed E-state index contributed by atoms with van der Waals surface area (Å²) in [6.07, 6.45) is 2.74. The molecular formula is C11H7F3N2O. The minimum atomic E-state index is -1.64. The average molecular weight is 240 g/mol. The first-order chi connectivity index (χ1) is 8.09. The predicted octanol–water partition coefficient (Wildman–Crippen LogP) is 2.25. The molecule has 0 saturated heterocycles. The molecule has 0 spiro atoms. The number of aromatic nitrogens is 2. The molecule has 0 saturated carbocycles. The van der Waals surface area contributed by atoms with Gasteiger partial charge in [0.2, 0.25) is 0 Å². The number of ketones is 1. The summed E-state index contributed by atoms with van der Waals surface area (Å²) in [5.41, 5.74) is -0.486. The predicted molar refractivity (Wildman–Crippen MR) is 52.9 cm³/mol. The second kappa shape index (κ2) is 4.40. The summed E-state index contributed by atoms with van der Waals surface area (Å²) in [4.78, 5) is 18.1. The first-order valence-corrected chi connectivity index (χ1v) is 4.74. The van der Waals surface area contributed by atoms with Crippen LogP contribution in [0.5, 0.6) is 0 Å². The zero-order valence-corrected chi connectivity index (χ0v) is 8.51. The fraction of sp³-hybridized carbons (Fsp3) is 0.0909. The van der Waals surface area contributed by atoms with Crippen LogP contribution in [0.25, 0.3) is 0 Å². The van der Waals surface area contributed by atoms with Crippen molar-refractivity contribution in [2.45, 2.75) is 6.42 Å². The van der Waals surface area contributed by atoms with Gasteiger partial charge in [-0.25, -0.2) is 18.2 Å². The van der Waals surface area contributed by atoms with E-state index in [-0.39, 0.29) is 6.42 Å². The Morgan fingerprint density at radius 3 is 2.65 bits per heavy atom. The Balaban J connectivity index is 2.29. The first-order valence-electron chi connectivity index (χ1n) is 4.74. The largest absolute Gasteiger partial charge is 0.348 e. The molecule has 1 heterocycles. The highest BCUT2D eigenvalue weighted by Gasteiger charge is 2.19. The van der Waals surface area contributed by atoms with Gasteiger partial charge >= 0.3 is 0 Å². The zero-order chi connectivity index (χ0) is 12.4. The summed E-state index contributed by atoms with van der Waals surface area (Å²) in [6.45, 7) is 0. The number of halogens is 3. The second-order valence-corrected chi connectivity index (χ2v) is 3.36. The van der Waals surface area contributed by atoms with Crippen molar-refractivity contribution in [2.24, 2.45) is 0 Å².